The largest absolute Gasteiger partial charge is 0.380 e. The third kappa shape index (κ3) is 4.75. The van der Waals surface area contributed by atoms with Gasteiger partial charge in [0.1, 0.15) is 0 Å². The Balaban J connectivity index is 1.76. The van der Waals surface area contributed by atoms with Gasteiger partial charge in [-0.2, -0.15) is 13.6 Å². The molecule has 4 N–H and O–H groups in total. The smallest absolute Gasteiger partial charge is 0.369 e. The second-order valence-corrected chi connectivity index (χ2v) is 7.11. The maximum absolute atomic E-state index is 12.4. The van der Waals surface area contributed by atoms with Gasteiger partial charge in [0.2, 0.25) is 0 Å². The summed E-state index contributed by atoms with van der Waals surface area (Å²) in [5.41, 5.74) is 1.16. The minimum Gasteiger partial charge on any atom is -0.369 e. The van der Waals surface area contributed by atoms with Gasteiger partial charge in [-0.15, -0.1) is 0 Å². The van der Waals surface area contributed by atoms with Gasteiger partial charge in [0.15, 0.2) is 5.75 Å². The highest BCUT2D eigenvalue weighted by Gasteiger charge is 2.15. The van der Waals surface area contributed by atoms with E-state index in [0.717, 1.165) is 16.3 Å². The number of anilines is 1. The van der Waals surface area contributed by atoms with Gasteiger partial charge >= 0.3 is 16.3 Å². The van der Waals surface area contributed by atoms with E-state index in [9.17, 15) is 13.2 Å². The van der Waals surface area contributed by atoms with Crippen molar-refractivity contribution in [2.45, 2.75) is 13.0 Å². The number of hydrogen-bond acceptors (Lipinski definition) is 4. The maximum atomic E-state index is 12.4. The Bertz CT molecular complexity index is 1080. The Morgan fingerprint density at radius 2 is 1.67 bits per heavy atom. The minimum atomic E-state index is -4.20. The van der Waals surface area contributed by atoms with E-state index < -0.39 is 16.3 Å². The van der Waals surface area contributed by atoms with Gasteiger partial charge in [0.25, 0.3) is 0 Å². The molecule has 1 unspecified atom stereocenters. The lowest BCUT2D eigenvalue weighted by Crippen LogP contribution is -2.31. The Hall–Kier alpha value is -3.10. The summed E-state index contributed by atoms with van der Waals surface area (Å²) in [6.45, 7) is 1.87. The molecule has 2 amide bonds. The fraction of sp³-hybridized carbons (Fsp3) is 0.105. The first kappa shape index (κ1) is 18.7. The van der Waals surface area contributed by atoms with Crippen LogP contribution in [0.2, 0.25) is 0 Å². The third-order valence-corrected chi connectivity index (χ3v) is 4.39. The van der Waals surface area contributed by atoms with Crippen molar-refractivity contribution >= 4 is 32.8 Å². The molecule has 1 atom stereocenters. The van der Waals surface area contributed by atoms with E-state index in [4.69, 9.17) is 5.14 Å². The third-order valence-electron chi connectivity index (χ3n) is 3.98. The molecule has 3 aromatic carbocycles. The first-order valence-electron chi connectivity index (χ1n) is 8.20. The van der Waals surface area contributed by atoms with E-state index in [1.165, 1.54) is 12.1 Å². The quantitative estimate of drug-likeness (QED) is 0.626. The number of para-hydroxylation sites is 2. The molecular weight excluding hydrogens is 366 g/mol. The normalized spacial score (nSPS) is 12.4. The number of urea groups is 1. The molecule has 140 valence electrons. The second-order valence-electron chi connectivity index (χ2n) is 5.96. The Labute approximate surface area is 157 Å². The van der Waals surface area contributed by atoms with Crippen LogP contribution in [0.1, 0.15) is 18.5 Å². The van der Waals surface area contributed by atoms with Crippen molar-refractivity contribution in [3.63, 3.8) is 0 Å². The average Bonchev–Trinajstić information content (AvgIpc) is 2.61. The van der Waals surface area contributed by atoms with Gasteiger partial charge in [-0.3, -0.25) is 0 Å². The highest BCUT2D eigenvalue weighted by Crippen LogP contribution is 2.26. The Kier molecular flexibility index (Phi) is 5.29. The van der Waals surface area contributed by atoms with E-state index in [1.807, 2.05) is 49.4 Å². The van der Waals surface area contributed by atoms with Gasteiger partial charge in [-0.25, -0.2) is 4.79 Å². The van der Waals surface area contributed by atoms with E-state index >= 15 is 0 Å². The van der Waals surface area contributed by atoms with Gasteiger partial charge in [0, 0.05) is 0 Å². The second kappa shape index (κ2) is 7.65. The molecule has 3 aromatic rings. The lowest BCUT2D eigenvalue weighted by molar-refractivity contribution is 0.249. The van der Waals surface area contributed by atoms with Crippen LogP contribution >= 0.6 is 0 Å². The van der Waals surface area contributed by atoms with Crippen LogP contribution in [0, 0.1) is 0 Å². The van der Waals surface area contributed by atoms with E-state index in [-0.39, 0.29) is 17.5 Å². The maximum Gasteiger partial charge on any atom is 0.380 e. The zero-order valence-electron chi connectivity index (χ0n) is 14.5. The standard InChI is InChI=1S/C19H19N3O4S/c1-13(15-10-6-8-14-7-2-3-9-16(14)15)21-19(23)22-17-11-4-5-12-18(17)26-27(20,24)25/h2-13H,1H3,(H2,20,24,25)(H2,21,22,23). The van der Waals surface area contributed by atoms with Crippen molar-refractivity contribution < 1.29 is 17.4 Å². The molecule has 0 saturated heterocycles. The van der Waals surface area contributed by atoms with Gasteiger partial charge in [0.05, 0.1) is 11.7 Å². The fourth-order valence-corrected chi connectivity index (χ4v) is 3.22. The number of fused-ring (bicyclic) bond motifs is 1. The molecular formula is C19H19N3O4S. The van der Waals surface area contributed by atoms with Gasteiger partial charge in [-0.1, -0.05) is 54.6 Å². The molecule has 0 fully saturated rings. The summed E-state index contributed by atoms with van der Waals surface area (Å²) < 4.78 is 27.0. The predicted octanol–water partition coefficient (Wildman–Crippen LogP) is 3.30. The monoisotopic (exact) mass is 385 g/mol. The SMILES string of the molecule is CC(NC(=O)Nc1ccccc1OS(N)(=O)=O)c1cccc2ccccc12. The number of carbonyl (C=O) groups excluding carboxylic acids is 1. The number of rotatable bonds is 5. The Morgan fingerprint density at radius 3 is 2.44 bits per heavy atom. The molecule has 7 nitrogen and oxygen atoms in total. The van der Waals surface area contributed by atoms with E-state index in [1.54, 1.807) is 12.1 Å². The van der Waals surface area contributed by atoms with Crippen molar-refractivity contribution in [1.29, 1.82) is 0 Å². The summed E-state index contributed by atoms with van der Waals surface area (Å²) in [6.07, 6.45) is 0. The summed E-state index contributed by atoms with van der Waals surface area (Å²) in [6, 6.07) is 19.1. The topological polar surface area (TPSA) is 111 Å². The Morgan fingerprint density at radius 1 is 1.00 bits per heavy atom. The number of nitrogens with two attached hydrogens (primary N) is 1. The molecule has 0 aliphatic heterocycles. The minimum absolute atomic E-state index is 0.0621. The van der Waals surface area contributed by atoms with Crippen molar-refractivity contribution in [1.82, 2.24) is 5.32 Å². The number of carbonyl (C=O) groups is 1. The molecule has 27 heavy (non-hydrogen) atoms. The van der Waals surface area contributed by atoms with E-state index in [0.29, 0.717) is 0 Å². The molecule has 0 radical (unpaired) electrons. The number of amides is 2. The predicted molar refractivity (Wildman–Crippen MR) is 105 cm³/mol. The van der Waals surface area contributed by atoms with Crippen LogP contribution in [0.15, 0.2) is 66.7 Å². The lowest BCUT2D eigenvalue weighted by atomic mass is 10.00. The van der Waals surface area contributed by atoms with Crippen LogP contribution in [0.3, 0.4) is 0 Å². The molecule has 0 aliphatic rings. The zero-order chi connectivity index (χ0) is 19.4. The summed E-state index contributed by atoms with van der Waals surface area (Å²) in [5.74, 6) is -0.0621. The number of benzene rings is 3. The van der Waals surface area contributed by atoms with Crippen LogP contribution in [-0.2, 0) is 10.3 Å². The molecule has 8 heteroatoms. The van der Waals surface area contributed by atoms with Crippen molar-refractivity contribution in [3.8, 4) is 5.75 Å². The van der Waals surface area contributed by atoms with Crippen molar-refractivity contribution in [2.24, 2.45) is 5.14 Å². The summed E-state index contributed by atoms with van der Waals surface area (Å²) in [4.78, 5) is 12.4. The van der Waals surface area contributed by atoms with Gasteiger partial charge in [-0.05, 0) is 35.4 Å². The fourth-order valence-electron chi connectivity index (χ4n) is 2.83. The molecule has 3 rings (SSSR count). The molecule has 0 saturated carbocycles. The summed E-state index contributed by atoms with van der Waals surface area (Å²) in [5, 5.41) is 12.5. The first-order valence-corrected chi connectivity index (χ1v) is 9.67. The van der Waals surface area contributed by atoms with Crippen LogP contribution in [-0.4, -0.2) is 14.4 Å². The van der Waals surface area contributed by atoms with Crippen LogP contribution in [0.25, 0.3) is 10.8 Å². The van der Waals surface area contributed by atoms with Crippen LogP contribution in [0.5, 0.6) is 5.75 Å². The van der Waals surface area contributed by atoms with Crippen molar-refractivity contribution in [3.05, 3.63) is 72.3 Å². The molecule has 0 aliphatic carbocycles. The number of hydrogen-bond donors (Lipinski definition) is 3. The highest BCUT2D eigenvalue weighted by atomic mass is 32.2. The van der Waals surface area contributed by atoms with Crippen molar-refractivity contribution in [2.75, 3.05) is 5.32 Å². The number of nitrogens with one attached hydrogen (secondary N) is 2. The summed E-state index contributed by atoms with van der Waals surface area (Å²) in [7, 11) is -4.20. The summed E-state index contributed by atoms with van der Waals surface area (Å²) >= 11 is 0. The average molecular weight is 385 g/mol. The van der Waals surface area contributed by atoms with Gasteiger partial charge < -0.3 is 14.8 Å². The highest BCUT2D eigenvalue weighted by molar-refractivity contribution is 7.84. The molecule has 0 heterocycles. The molecule has 0 bridgehead atoms. The van der Waals surface area contributed by atoms with E-state index in [2.05, 4.69) is 14.8 Å². The molecule has 0 aromatic heterocycles. The molecule has 0 spiro atoms. The first-order chi connectivity index (χ1) is 12.8. The van der Waals surface area contributed by atoms with Crippen LogP contribution < -0.4 is 20.0 Å². The zero-order valence-corrected chi connectivity index (χ0v) is 15.4. The lowest BCUT2D eigenvalue weighted by Gasteiger charge is -2.18. The van der Waals surface area contributed by atoms with Crippen LogP contribution in [0.4, 0.5) is 10.5 Å².